The molecule has 0 N–H and O–H groups in total. The van der Waals surface area contributed by atoms with Gasteiger partial charge in [-0.1, -0.05) is 141 Å². The molecule has 0 saturated heterocycles. The van der Waals surface area contributed by atoms with E-state index in [1.807, 2.05) is 35.8 Å². The maximum absolute atomic E-state index is 13.5. The molecule has 4 nitrogen and oxygen atoms in total. The van der Waals surface area contributed by atoms with E-state index in [0.29, 0.717) is 24.3 Å². The molecule has 39 heavy (non-hydrogen) atoms. The van der Waals surface area contributed by atoms with E-state index in [-0.39, 0.29) is 11.8 Å². The first-order chi connectivity index (χ1) is 19.2. The predicted molar refractivity (Wildman–Crippen MR) is 166 cm³/mol. The fourth-order valence-corrected chi connectivity index (χ4v) is 5.71. The monoisotopic (exact) mass is 539 g/mol. The molecule has 0 unspecified atom stereocenters. The summed E-state index contributed by atoms with van der Waals surface area (Å²) < 4.78 is 7.48. The lowest BCUT2D eigenvalue weighted by Crippen LogP contribution is -2.16. The zero-order valence-corrected chi connectivity index (χ0v) is 25.5. The summed E-state index contributed by atoms with van der Waals surface area (Å²) in [5.41, 5.74) is 2.00. The number of hydrogen-bond donors (Lipinski definition) is 0. The number of unbranched alkanes of at least 4 members (excludes halogenated alkanes) is 17. The van der Waals surface area contributed by atoms with E-state index >= 15 is 0 Å². The highest BCUT2D eigenvalue weighted by atomic mass is 16.5. The van der Waals surface area contributed by atoms with Crippen LogP contribution in [0.3, 0.4) is 0 Å². The topological polar surface area (TPSA) is 48.3 Å². The van der Waals surface area contributed by atoms with E-state index in [4.69, 9.17) is 4.74 Å². The van der Waals surface area contributed by atoms with Crippen molar-refractivity contribution in [1.29, 1.82) is 0 Å². The third-order valence-corrected chi connectivity index (χ3v) is 7.96. The molecule has 0 aliphatic rings. The number of esters is 1. The van der Waals surface area contributed by atoms with Crippen LogP contribution in [0.2, 0.25) is 0 Å². The second-order valence-corrected chi connectivity index (χ2v) is 11.3. The Morgan fingerprint density at radius 1 is 0.641 bits per heavy atom. The third-order valence-electron chi connectivity index (χ3n) is 7.96. The number of para-hydroxylation sites is 1. The zero-order chi connectivity index (χ0) is 28.1. The molecule has 0 aliphatic heterocycles. The Morgan fingerprint density at radius 2 is 1.13 bits per heavy atom. The van der Waals surface area contributed by atoms with Gasteiger partial charge in [0.2, 0.25) is 0 Å². The lowest BCUT2D eigenvalue weighted by Gasteiger charge is -2.11. The first kappa shape index (κ1) is 33.1. The molecule has 2 rings (SSSR count). The molecular weight excluding hydrogens is 482 g/mol. The van der Waals surface area contributed by atoms with Gasteiger partial charge in [0, 0.05) is 23.9 Å². The molecule has 0 spiro atoms. The molecule has 1 heterocycles. The average molecular weight is 540 g/mol. The zero-order valence-electron chi connectivity index (χ0n) is 25.5. The number of carbonyl (C=O) groups is 2. The van der Waals surface area contributed by atoms with Crippen molar-refractivity contribution in [1.82, 2.24) is 4.57 Å². The van der Waals surface area contributed by atoms with Gasteiger partial charge in [0.1, 0.15) is 5.69 Å². The Labute approximate surface area is 239 Å². The molecule has 1 aromatic carbocycles. The molecule has 0 radical (unpaired) electrons. The summed E-state index contributed by atoms with van der Waals surface area (Å²) in [4.78, 5) is 26.6. The third kappa shape index (κ3) is 11.9. The standard InChI is InChI=1S/C35H57NO3/c1-4-7-9-11-12-13-14-15-16-17-18-19-20-21-22-28-32(37)33-30-26-23-24-27-31(30)36(29-25-10-8-5-2)34(33)35(38)39-6-3/h23-24,26-27H,4-22,25,28-29H2,1-3H3. The molecule has 1 aromatic heterocycles. The summed E-state index contributed by atoms with van der Waals surface area (Å²) in [5.74, 6) is -0.291. The van der Waals surface area contributed by atoms with Gasteiger partial charge in [-0.3, -0.25) is 4.79 Å². The minimum absolute atomic E-state index is 0.0799. The van der Waals surface area contributed by atoms with Crippen LogP contribution in [0.4, 0.5) is 0 Å². The summed E-state index contributed by atoms with van der Waals surface area (Å²) in [6.45, 7) is 7.34. The van der Waals surface area contributed by atoms with Crippen molar-refractivity contribution in [3.8, 4) is 0 Å². The molecule has 0 aliphatic carbocycles. The maximum Gasteiger partial charge on any atom is 0.355 e. The number of ether oxygens (including phenoxy) is 1. The van der Waals surface area contributed by atoms with Crippen LogP contribution in [0.25, 0.3) is 10.9 Å². The summed E-state index contributed by atoms with van der Waals surface area (Å²) >= 11 is 0. The van der Waals surface area contributed by atoms with Gasteiger partial charge in [-0.05, 0) is 25.8 Å². The van der Waals surface area contributed by atoms with Crippen molar-refractivity contribution >= 4 is 22.7 Å². The first-order valence-corrected chi connectivity index (χ1v) is 16.5. The molecule has 0 fully saturated rings. The first-order valence-electron chi connectivity index (χ1n) is 16.5. The van der Waals surface area contributed by atoms with Crippen LogP contribution in [-0.2, 0) is 11.3 Å². The van der Waals surface area contributed by atoms with E-state index in [1.54, 1.807) is 0 Å². The lowest BCUT2D eigenvalue weighted by molar-refractivity contribution is 0.0510. The van der Waals surface area contributed by atoms with Crippen LogP contribution in [-0.4, -0.2) is 22.9 Å². The van der Waals surface area contributed by atoms with Crippen LogP contribution < -0.4 is 0 Å². The molecule has 0 amide bonds. The van der Waals surface area contributed by atoms with Crippen LogP contribution in [0.15, 0.2) is 24.3 Å². The Hall–Kier alpha value is -2.10. The number of hydrogen-bond acceptors (Lipinski definition) is 3. The average Bonchev–Trinajstić information content (AvgIpc) is 3.27. The number of Topliss-reactive ketones (excluding diaryl/α,β-unsaturated/α-hetero) is 1. The summed E-state index contributed by atoms with van der Waals surface area (Å²) in [6.07, 6.45) is 24.6. The molecule has 4 heteroatoms. The SMILES string of the molecule is CCCCCCCCCCCCCCCCCC(=O)c1c(C(=O)OCC)n(CCCCCC)c2ccccc12. The molecular formula is C35H57NO3. The minimum atomic E-state index is -0.371. The Balaban J connectivity index is 1.80. The molecule has 220 valence electrons. The Morgan fingerprint density at radius 3 is 1.67 bits per heavy atom. The van der Waals surface area contributed by atoms with Gasteiger partial charge in [-0.15, -0.1) is 0 Å². The van der Waals surface area contributed by atoms with Gasteiger partial charge >= 0.3 is 5.97 Å². The van der Waals surface area contributed by atoms with Crippen molar-refractivity contribution in [2.24, 2.45) is 0 Å². The van der Waals surface area contributed by atoms with Crippen LogP contribution >= 0.6 is 0 Å². The quantitative estimate of drug-likeness (QED) is 0.0757. The normalized spacial score (nSPS) is 11.4. The van der Waals surface area contributed by atoms with Crippen molar-refractivity contribution in [2.45, 2.75) is 156 Å². The molecule has 0 bridgehead atoms. The highest BCUT2D eigenvalue weighted by molar-refractivity contribution is 6.15. The van der Waals surface area contributed by atoms with E-state index < -0.39 is 0 Å². The fraction of sp³-hybridized carbons (Fsp3) is 0.714. The molecule has 0 saturated carbocycles. The number of benzene rings is 1. The van der Waals surface area contributed by atoms with Gasteiger partial charge in [0.05, 0.1) is 12.2 Å². The van der Waals surface area contributed by atoms with Gasteiger partial charge in [0.15, 0.2) is 5.78 Å². The number of fused-ring (bicyclic) bond motifs is 1. The number of rotatable bonds is 24. The molecule has 0 atom stereocenters. The largest absolute Gasteiger partial charge is 0.461 e. The van der Waals surface area contributed by atoms with E-state index in [9.17, 15) is 9.59 Å². The summed E-state index contributed by atoms with van der Waals surface area (Å²) in [7, 11) is 0. The van der Waals surface area contributed by atoms with Gasteiger partial charge in [-0.25, -0.2) is 4.79 Å². The highest BCUT2D eigenvalue weighted by Crippen LogP contribution is 2.30. The van der Waals surface area contributed by atoms with Gasteiger partial charge in [0.25, 0.3) is 0 Å². The smallest absolute Gasteiger partial charge is 0.355 e. The van der Waals surface area contributed by atoms with E-state index in [0.717, 1.165) is 43.1 Å². The molecule has 2 aromatic rings. The second kappa shape index (κ2) is 20.8. The predicted octanol–water partition coefficient (Wildman–Crippen LogP) is 10.8. The number of nitrogens with zero attached hydrogens (tertiary/aromatic N) is 1. The number of carbonyl (C=O) groups excluding carboxylic acids is 2. The van der Waals surface area contributed by atoms with Crippen LogP contribution in [0.1, 0.15) is 170 Å². The lowest BCUT2D eigenvalue weighted by atomic mass is 10.00. The summed E-state index contributed by atoms with van der Waals surface area (Å²) in [6, 6.07) is 7.97. The summed E-state index contributed by atoms with van der Waals surface area (Å²) in [5, 5.41) is 0.891. The Bertz CT molecular complexity index is 945. The van der Waals surface area contributed by atoms with Crippen molar-refractivity contribution in [2.75, 3.05) is 6.61 Å². The van der Waals surface area contributed by atoms with Crippen molar-refractivity contribution < 1.29 is 14.3 Å². The maximum atomic E-state index is 13.5. The number of aryl methyl sites for hydroxylation is 1. The fourth-order valence-electron chi connectivity index (χ4n) is 5.71. The number of aromatic nitrogens is 1. The van der Waals surface area contributed by atoms with Gasteiger partial charge < -0.3 is 9.30 Å². The number of ketones is 1. The van der Waals surface area contributed by atoms with E-state index in [2.05, 4.69) is 13.8 Å². The highest BCUT2D eigenvalue weighted by Gasteiger charge is 2.27. The van der Waals surface area contributed by atoms with Crippen molar-refractivity contribution in [3.05, 3.63) is 35.5 Å². The van der Waals surface area contributed by atoms with Crippen LogP contribution in [0.5, 0.6) is 0 Å². The minimum Gasteiger partial charge on any atom is -0.461 e. The second-order valence-electron chi connectivity index (χ2n) is 11.3. The van der Waals surface area contributed by atoms with Crippen molar-refractivity contribution in [3.63, 3.8) is 0 Å². The van der Waals surface area contributed by atoms with Crippen LogP contribution in [0, 0.1) is 0 Å². The van der Waals surface area contributed by atoms with E-state index in [1.165, 1.54) is 96.3 Å². The Kier molecular flexibility index (Phi) is 17.6. The van der Waals surface area contributed by atoms with Gasteiger partial charge in [-0.2, -0.15) is 0 Å².